The van der Waals surface area contributed by atoms with Crippen molar-refractivity contribution in [2.75, 3.05) is 0 Å². The summed E-state index contributed by atoms with van der Waals surface area (Å²) < 4.78 is 0. The lowest BCUT2D eigenvalue weighted by Gasteiger charge is -2.25. The van der Waals surface area contributed by atoms with Crippen LogP contribution in [-0.4, -0.2) is 35.0 Å². The van der Waals surface area contributed by atoms with Crippen molar-refractivity contribution in [1.29, 1.82) is 0 Å². The molecular formula is C16H30N2O4. The number of rotatable bonds is 9. The molecule has 0 aromatic heterocycles. The molecule has 128 valence electrons. The number of aliphatic carboxylic acids is 1. The van der Waals surface area contributed by atoms with Crippen molar-refractivity contribution < 1.29 is 19.5 Å². The molecule has 0 bridgehead atoms. The van der Waals surface area contributed by atoms with Gasteiger partial charge in [-0.25, -0.2) is 4.79 Å². The zero-order valence-electron chi connectivity index (χ0n) is 14.5. The highest BCUT2D eigenvalue weighted by molar-refractivity contribution is 5.90. The molecule has 3 unspecified atom stereocenters. The highest BCUT2D eigenvalue weighted by Gasteiger charge is 2.30. The Bertz CT molecular complexity index is 394. The van der Waals surface area contributed by atoms with Gasteiger partial charge in [-0.3, -0.25) is 9.59 Å². The van der Waals surface area contributed by atoms with E-state index < -0.39 is 24.0 Å². The molecule has 0 aliphatic heterocycles. The Morgan fingerprint density at radius 2 is 1.50 bits per heavy atom. The van der Waals surface area contributed by atoms with Gasteiger partial charge in [-0.2, -0.15) is 0 Å². The van der Waals surface area contributed by atoms with Crippen molar-refractivity contribution >= 4 is 17.8 Å². The van der Waals surface area contributed by atoms with E-state index in [4.69, 9.17) is 0 Å². The van der Waals surface area contributed by atoms with Crippen LogP contribution in [0, 0.1) is 17.8 Å². The summed E-state index contributed by atoms with van der Waals surface area (Å²) in [5.41, 5.74) is 0. The van der Waals surface area contributed by atoms with Crippen LogP contribution in [0.5, 0.6) is 0 Å². The Morgan fingerprint density at radius 1 is 0.955 bits per heavy atom. The summed E-state index contributed by atoms with van der Waals surface area (Å²) in [7, 11) is 0. The van der Waals surface area contributed by atoms with Crippen LogP contribution in [0.2, 0.25) is 0 Å². The molecule has 0 aliphatic carbocycles. The third kappa shape index (κ3) is 6.91. The Labute approximate surface area is 133 Å². The van der Waals surface area contributed by atoms with E-state index in [1.807, 2.05) is 20.8 Å². The number of carbonyl (C=O) groups is 3. The van der Waals surface area contributed by atoms with Crippen molar-refractivity contribution in [3.05, 3.63) is 0 Å². The average Bonchev–Trinajstić information content (AvgIpc) is 2.41. The first-order chi connectivity index (χ1) is 10.1. The minimum absolute atomic E-state index is 0.179. The van der Waals surface area contributed by atoms with Crippen molar-refractivity contribution in [3.63, 3.8) is 0 Å². The van der Waals surface area contributed by atoms with Crippen LogP contribution < -0.4 is 10.6 Å². The maximum Gasteiger partial charge on any atom is 0.326 e. The number of amides is 2. The number of carboxylic acids is 1. The molecule has 0 heterocycles. The molecule has 6 nitrogen and oxygen atoms in total. The fourth-order valence-electron chi connectivity index (χ4n) is 1.98. The second-order valence-electron chi connectivity index (χ2n) is 6.56. The predicted octanol–water partition coefficient (Wildman–Crippen LogP) is 1.79. The first-order valence-electron chi connectivity index (χ1n) is 7.93. The number of hydrogen-bond donors (Lipinski definition) is 3. The summed E-state index contributed by atoms with van der Waals surface area (Å²) in [5, 5.41) is 14.5. The molecule has 0 aromatic rings. The summed E-state index contributed by atoms with van der Waals surface area (Å²) in [5.74, 6) is -1.91. The molecule has 0 saturated carbocycles. The van der Waals surface area contributed by atoms with Gasteiger partial charge in [0.1, 0.15) is 12.1 Å². The summed E-state index contributed by atoms with van der Waals surface area (Å²) >= 11 is 0. The molecule has 3 N–H and O–H groups in total. The minimum Gasteiger partial charge on any atom is -0.480 e. The third-order valence-electron chi connectivity index (χ3n) is 3.64. The lowest BCUT2D eigenvalue weighted by molar-refractivity contribution is -0.143. The SMILES string of the molecule is CCC(C)C(NC(=O)C(CC(C)C)NC(=O)C(C)C)C(=O)O. The van der Waals surface area contributed by atoms with Crippen LogP contribution in [0.15, 0.2) is 0 Å². The van der Waals surface area contributed by atoms with E-state index in [0.29, 0.717) is 12.8 Å². The highest BCUT2D eigenvalue weighted by atomic mass is 16.4. The molecule has 22 heavy (non-hydrogen) atoms. The van der Waals surface area contributed by atoms with Gasteiger partial charge in [0.2, 0.25) is 11.8 Å². The van der Waals surface area contributed by atoms with Gasteiger partial charge in [0.25, 0.3) is 0 Å². The maximum atomic E-state index is 12.4. The summed E-state index contributed by atoms with van der Waals surface area (Å²) in [6.07, 6.45) is 1.11. The summed E-state index contributed by atoms with van der Waals surface area (Å²) in [6.45, 7) is 11.1. The Hall–Kier alpha value is -1.59. The fraction of sp³-hybridized carbons (Fsp3) is 0.812. The molecular weight excluding hydrogens is 284 g/mol. The van der Waals surface area contributed by atoms with Crippen LogP contribution in [-0.2, 0) is 14.4 Å². The van der Waals surface area contributed by atoms with Gasteiger partial charge in [0.15, 0.2) is 0 Å². The Morgan fingerprint density at radius 3 is 1.86 bits per heavy atom. The Balaban J connectivity index is 5.01. The monoisotopic (exact) mass is 314 g/mol. The van der Waals surface area contributed by atoms with E-state index in [9.17, 15) is 19.5 Å². The molecule has 0 radical (unpaired) electrons. The molecule has 3 atom stereocenters. The van der Waals surface area contributed by atoms with Gasteiger partial charge in [0, 0.05) is 5.92 Å². The van der Waals surface area contributed by atoms with Crippen molar-refractivity contribution in [2.24, 2.45) is 17.8 Å². The first kappa shape index (κ1) is 20.4. The number of hydrogen-bond acceptors (Lipinski definition) is 3. The largest absolute Gasteiger partial charge is 0.480 e. The molecule has 0 fully saturated rings. The Kier molecular flexibility index (Phi) is 8.75. The second-order valence-corrected chi connectivity index (χ2v) is 6.56. The molecule has 2 amide bonds. The topological polar surface area (TPSA) is 95.5 Å². The molecule has 0 aromatic carbocycles. The van der Waals surface area contributed by atoms with Crippen LogP contribution in [0.25, 0.3) is 0 Å². The standard InChI is InChI=1S/C16H30N2O4/c1-7-11(6)13(16(21)22)18-15(20)12(8-9(2)3)17-14(19)10(4)5/h9-13H,7-8H2,1-6H3,(H,17,19)(H,18,20)(H,21,22). The van der Waals surface area contributed by atoms with Crippen molar-refractivity contribution in [3.8, 4) is 0 Å². The van der Waals surface area contributed by atoms with Gasteiger partial charge in [-0.15, -0.1) is 0 Å². The first-order valence-corrected chi connectivity index (χ1v) is 7.93. The lowest BCUT2D eigenvalue weighted by Crippen LogP contribution is -2.54. The smallest absolute Gasteiger partial charge is 0.326 e. The van der Waals surface area contributed by atoms with Crippen LogP contribution >= 0.6 is 0 Å². The van der Waals surface area contributed by atoms with Gasteiger partial charge < -0.3 is 15.7 Å². The normalized spacial score (nSPS) is 15.3. The van der Waals surface area contributed by atoms with E-state index in [-0.39, 0.29) is 23.7 Å². The van der Waals surface area contributed by atoms with E-state index in [0.717, 1.165) is 0 Å². The quantitative estimate of drug-likeness (QED) is 0.604. The van der Waals surface area contributed by atoms with Crippen molar-refractivity contribution in [1.82, 2.24) is 10.6 Å². The summed E-state index contributed by atoms with van der Waals surface area (Å²) in [4.78, 5) is 35.5. The van der Waals surface area contributed by atoms with E-state index in [1.54, 1.807) is 20.8 Å². The fourth-order valence-corrected chi connectivity index (χ4v) is 1.98. The van der Waals surface area contributed by atoms with Crippen LogP contribution in [0.4, 0.5) is 0 Å². The zero-order valence-corrected chi connectivity index (χ0v) is 14.5. The zero-order chi connectivity index (χ0) is 17.4. The molecule has 0 rings (SSSR count). The van der Waals surface area contributed by atoms with Gasteiger partial charge >= 0.3 is 5.97 Å². The van der Waals surface area contributed by atoms with E-state index >= 15 is 0 Å². The van der Waals surface area contributed by atoms with Crippen molar-refractivity contribution in [2.45, 2.75) is 66.5 Å². The highest BCUT2D eigenvalue weighted by Crippen LogP contribution is 2.11. The van der Waals surface area contributed by atoms with Gasteiger partial charge in [0.05, 0.1) is 0 Å². The summed E-state index contributed by atoms with van der Waals surface area (Å²) in [6, 6.07) is -1.65. The number of carbonyl (C=O) groups excluding carboxylic acids is 2. The predicted molar refractivity (Wildman–Crippen MR) is 85.2 cm³/mol. The molecule has 0 spiro atoms. The molecule has 0 saturated heterocycles. The van der Waals surface area contributed by atoms with Gasteiger partial charge in [-0.1, -0.05) is 48.0 Å². The van der Waals surface area contributed by atoms with Crippen LogP contribution in [0.3, 0.4) is 0 Å². The van der Waals surface area contributed by atoms with E-state index in [1.165, 1.54) is 0 Å². The minimum atomic E-state index is -1.05. The lowest BCUT2D eigenvalue weighted by atomic mass is 9.97. The number of nitrogens with one attached hydrogen (secondary N) is 2. The maximum absolute atomic E-state index is 12.4. The van der Waals surface area contributed by atoms with E-state index in [2.05, 4.69) is 10.6 Å². The van der Waals surface area contributed by atoms with Crippen LogP contribution in [0.1, 0.15) is 54.4 Å². The average molecular weight is 314 g/mol. The molecule has 6 heteroatoms. The second kappa shape index (κ2) is 9.43. The molecule has 0 aliphatic rings. The number of carboxylic acid groups (broad SMARTS) is 1. The third-order valence-corrected chi connectivity index (χ3v) is 3.64. The van der Waals surface area contributed by atoms with Gasteiger partial charge in [-0.05, 0) is 18.3 Å².